The van der Waals surface area contributed by atoms with Crippen LogP contribution in [0, 0.1) is 10.1 Å². The number of carboxylic acids is 1. The van der Waals surface area contributed by atoms with Crippen molar-refractivity contribution in [1.82, 2.24) is 9.62 Å². The number of carbonyl (C=O) groups is 3. The Morgan fingerprint density at radius 2 is 1.53 bits per heavy atom. The van der Waals surface area contributed by atoms with Crippen LogP contribution in [-0.4, -0.2) is 74.5 Å². The number of alkyl halides is 3. The van der Waals surface area contributed by atoms with Crippen LogP contribution in [0.15, 0.2) is 77.7 Å². The number of halogens is 3. The van der Waals surface area contributed by atoms with Crippen LogP contribution in [0.2, 0.25) is 0 Å². The molecule has 0 saturated carbocycles. The lowest BCUT2D eigenvalue weighted by molar-refractivity contribution is -0.384. The van der Waals surface area contributed by atoms with Gasteiger partial charge < -0.3 is 20.6 Å². The number of sulfonamides is 1. The summed E-state index contributed by atoms with van der Waals surface area (Å²) in [4.78, 5) is 47.0. The average Bonchev–Trinajstić information content (AvgIpc) is 2.93. The van der Waals surface area contributed by atoms with Crippen LogP contribution in [0.4, 0.5) is 30.2 Å². The van der Waals surface area contributed by atoms with Crippen molar-refractivity contribution in [3.63, 3.8) is 0 Å². The molecule has 0 saturated heterocycles. The van der Waals surface area contributed by atoms with E-state index in [9.17, 15) is 41.3 Å². The van der Waals surface area contributed by atoms with E-state index in [4.69, 9.17) is 9.90 Å². The van der Waals surface area contributed by atoms with Gasteiger partial charge in [0.25, 0.3) is 27.5 Å². The highest BCUT2D eigenvalue weighted by atomic mass is 32.2. The highest BCUT2D eigenvalue weighted by molar-refractivity contribution is 7.90. The van der Waals surface area contributed by atoms with Gasteiger partial charge in [-0.2, -0.15) is 13.2 Å². The van der Waals surface area contributed by atoms with Gasteiger partial charge in [-0.25, -0.2) is 17.9 Å². The SMILES string of the molecule is CN(C)CCNc1ccc(C(=O)Nc2cccc(C(=O)NS(=O)(=O)c3ccccc3)c2)cc1[N+](=O)[O-].O=C(O)C(F)(F)F. The predicted molar refractivity (Wildman–Crippen MR) is 149 cm³/mol. The van der Waals surface area contributed by atoms with Crippen LogP contribution in [0.25, 0.3) is 0 Å². The Labute approximate surface area is 243 Å². The standard InChI is InChI=1S/C24H25N5O6S.C2HF3O2/c1-28(2)14-13-25-21-12-11-18(16-22(21)29(32)33)23(30)26-19-8-6-7-17(15-19)24(31)27-36(34,35)20-9-4-3-5-10-20;3-2(4,5)1(6)7/h3-12,15-16,25H,13-14H2,1-2H3,(H,26,30)(H,27,31);(H,6,7). The first-order chi connectivity index (χ1) is 20.0. The first-order valence-electron chi connectivity index (χ1n) is 12.0. The van der Waals surface area contributed by atoms with Crippen LogP contribution in [0.1, 0.15) is 20.7 Å². The van der Waals surface area contributed by atoms with E-state index >= 15 is 0 Å². The molecule has 0 fully saturated rings. The minimum Gasteiger partial charge on any atom is -0.475 e. The van der Waals surface area contributed by atoms with Crippen molar-refractivity contribution in [3.05, 3.63) is 94.0 Å². The topological polar surface area (TPSA) is 188 Å². The van der Waals surface area contributed by atoms with Crippen LogP contribution < -0.4 is 15.4 Å². The third-order valence-electron chi connectivity index (χ3n) is 5.24. The van der Waals surface area contributed by atoms with Crippen LogP contribution in [0.5, 0.6) is 0 Å². The summed E-state index contributed by atoms with van der Waals surface area (Å²) < 4.78 is 58.5. The minimum absolute atomic E-state index is 0.00118. The second-order valence-electron chi connectivity index (χ2n) is 8.80. The molecule has 3 aromatic carbocycles. The Bertz CT molecular complexity index is 1580. The van der Waals surface area contributed by atoms with Crippen molar-refractivity contribution < 1.29 is 46.0 Å². The minimum atomic E-state index is -5.08. The molecule has 0 aromatic heterocycles. The van der Waals surface area contributed by atoms with Gasteiger partial charge in [0.2, 0.25) is 0 Å². The van der Waals surface area contributed by atoms with Gasteiger partial charge in [0, 0.05) is 36.0 Å². The van der Waals surface area contributed by atoms with Gasteiger partial charge in [0.05, 0.1) is 9.82 Å². The molecule has 13 nitrogen and oxygen atoms in total. The number of carbonyl (C=O) groups excluding carboxylic acids is 2. The fraction of sp³-hybridized carbons (Fsp3) is 0.192. The van der Waals surface area contributed by atoms with Crippen molar-refractivity contribution in [2.75, 3.05) is 37.8 Å². The summed E-state index contributed by atoms with van der Waals surface area (Å²) in [6, 6.07) is 17.2. The number of hydrogen-bond acceptors (Lipinski definition) is 9. The fourth-order valence-electron chi connectivity index (χ4n) is 3.17. The molecular weight excluding hydrogens is 599 g/mol. The van der Waals surface area contributed by atoms with E-state index in [0.717, 1.165) is 6.07 Å². The molecule has 0 bridgehead atoms. The van der Waals surface area contributed by atoms with Crippen molar-refractivity contribution in [2.24, 2.45) is 0 Å². The molecule has 0 radical (unpaired) electrons. The molecule has 0 atom stereocenters. The number of carboxylic acid groups (broad SMARTS) is 1. The molecule has 0 spiro atoms. The third kappa shape index (κ3) is 10.7. The molecule has 0 unspecified atom stereocenters. The summed E-state index contributed by atoms with van der Waals surface area (Å²) in [5.41, 5.74) is 0.290. The Hall–Kier alpha value is -5.03. The molecule has 0 aliphatic carbocycles. The molecule has 17 heteroatoms. The maximum absolute atomic E-state index is 12.7. The number of hydrogen-bond donors (Lipinski definition) is 4. The molecule has 43 heavy (non-hydrogen) atoms. The van der Waals surface area contributed by atoms with Crippen LogP contribution in [0.3, 0.4) is 0 Å². The Morgan fingerprint density at radius 3 is 2.09 bits per heavy atom. The van der Waals surface area contributed by atoms with Gasteiger partial charge in [0.1, 0.15) is 5.69 Å². The van der Waals surface area contributed by atoms with Gasteiger partial charge in [-0.1, -0.05) is 24.3 Å². The number of nitro benzene ring substituents is 1. The van der Waals surface area contributed by atoms with Crippen LogP contribution >= 0.6 is 0 Å². The molecule has 230 valence electrons. The summed E-state index contributed by atoms with van der Waals surface area (Å²) in [6.45, 7) is 1.14. The zero-order valence-electron chi connectivity index (χ0n) is 22.6. The number of aliphatic carboxylic acids is 1. The van der Waals surface area contributed by atoms with Gasteiger partial charge in [0.15, 0.2) is 0 Å². The monoisotopic (exact) mass is 625 g/mol. The molecule has 0 heterocycles. The van der Waals surface area contributed by atoms with Gasteiger partial charge in [-0.3, -0.25) is 19.7 Å². The Kier molecular flexibility index (Phi) is 11.7. The Balaban J connectivity index is 0.000000821. The second kappa shape index (κ2) is 14.7. The highest BCUT2D eigenvalue weighted by Crippen LogP contribution is 2.26. The van der Waals surface area contributed by atoms with E-state index in [1.54, 1.807) is 6.07 Å². The number of amides is 2. The number of anilines is 2. The quantitative estimate of drug-likeness (QED) is 0.192. The van der Waals surface area contributed by atoms with Crippen molar-refractivity contribution in [3.8, 4) is 0 Å². The molecule has 3 rings (SSSR count). The van der Waals surface area contributed by atoms with E-state index in [1.807, 2.05) is 23.7 Å². The summed E-state index contributed by atoms with van der Waals surface area (Å²) in [7, 11) is -0.316. The molecule has 3 aromatic rings. The van der Waals surface area contributed by atoms with E-state index in [1.165, 1.54) is 60.7 Å². The van der Waals surface area contributed by atoms with E-state index in [2.05, 4.69) is 10.6 Å². The number of rotatable bonds is 10. The van der Waals surface area contributed by atoms with Gasteiger partial charge in [-0.05, 0) is 56.6 Å². The maximum Gasteiger partial charge on any atom is 0.490 e. The largest absolute Gasteiger partial charge is 0.490 e. The van der Waals surface area contributed by atoms with Gasteiger partial charge >= 0.3 is 12.1 Å². The molecular formula is C26H26F3N5O8S. The molecule has 0 aliphatic rings. The fourth-order valence-corrected chi connectivity index (χ4v) is 4.16. The van der Waals surface area contributed by atoms with Crippen molar-refractivity contribution in [1.29, 1.82) is 0 Å². The van der Waals surface area contributed by atoms with Crippen molar-refractivity contribution in [2.45, 2.75) is 11.1 Å². The normalized spacial score (nSPS) is 11.1. The van der Waals surface area contributed by atoms with E-state index < -0.39 is 38.9 Å². The first kappa shape index (κ1) is 34.2. The maximum atomic E-state index is 12.7. The third-order valence-corrected chi connectivity index (χ3v) is 6.58. The van der Waals surface area contributed by atoms with Crippen molar-refractivity contribution >= 4 is 44.9 Å². The number of likely N-dealkylation sites (N-methyl/N-ethyl adjacent to an activating group) is 1. The second-order valence-corrected chi connectivity index (χ2v) is 10.5. The summed E-state index contributed by atoms with van der Waals surface area (Å²) in [6.07, 6.45) is -5.08. The van der Waals surface area contributed by atoms with E-state index in [0.29, 0.717) is 13.1 Å². The summed E-state index contributed by atoms with van der Waals surface area (Å²) in [5, 5.41) is 24.2. The lowest BCUT2D eigenvalue weighted by Crippen LogP contribution is -2.30. The first-order valence-corrected chi connectivity index (χ1v) is 13.5. The predicted octanol–water partition coefficient (Wildman–Crippen LogP) is 3.57. The number of nitro groups is 1. The Morgan fingerprint density at radius 1 is 0.930 bits per heavy atom. The van der Waals surface area contributed by atoms with Crippen LogP contribution in [-0.2, 0) is 14.8 Å². The summed E-state index contributed by atoms with van der Waals surface area (Å²) in [5.74, 6) is -4.27. The average molecular weight is 626 g/mol. The number of benzene rings is 3. The smallest absolute Gasteiger partial charge is 0.475 e. The highest BCUT2D eigenvalue weighted by Gasteiger charge is 2.38. The zero-order chi connectivity index (χ0) is 32.4. The van der Waals surface area contributed by atoms with E-state index in [-0.39, 0.29) is 33.1 Å². The molecule has 2 amide bonds. The summed E-state index contributed by atoms with van der Waals surface area (Å²) >= 11 is 0. The number of nitrogens with one attached hydrogen (secondary N) is 3. The zero-order valence-corrected chi connectivity index (χ0v) is 23.4. The lowest BCUT2D eigenvalue weighted by atomic mass is 10.1. The number of nitrogens with zero attached hydrogens (tertiary/aromatic N) is 2. The molecule has 4 N–H and O–H groups in total. The van der Waals surface area contributed by atoms with Gasteiger partial charge in [-0.15, -0.1) is 0 Å². The molecule has 0 aliphatic heterocycles. The lowest BCUT2D eigenvalue weighted by Gasteiger charge is -2.12.